The zero-order valence-corrected chi connectivity index (χ0v) is 17.1. The van der Waals surface area contributed by atoms with E-state index in [1.165, 1.54) is 6.07 Å². The zero-order chi connectivity index (χ0) is 21.9. The van der Waals surface area contributed by atoms with Crippen molar-refractivity contribution in [3.63, 3.8) is 0 Å². The van der Waals surface area contributed by atoms with Gasteiger partial charge in [0.2, 0.25) is 0 Å². The van der Waals surface area contributed by atoms with Crippen LogP contribution in [0, 0.1) is 5.92 Å². The summed E-state index contributed by atoms with van der Waals surface area (Å²) in [5.41, 5.74) is 2.49. The molecule has 0 spiro atoms. The number of carboxylic acid groups (broad SMARTS) is 2. The summed E-state index contributed by atoms with van der Waals surface area (Å²) in [5.74, 6) is -1.63. The predicted octanol–water partition coefficient (Wildman–Crippen LogP) is 2.28. The monoisotopic (exact) mass is 421 g/mol. The Labute approximate surface area is 177 Å². The molecule has 1 saturated heterocycles. The number of carboxylic acids is 2. The minimum Gasteiger partial charge on any atom is -0.480 e. The minimum atomic E-state index is -1.02. The van der Waals surface area contributed by atoms with Crippen molar-refractivity contribution in [3.05, 3.63) is 69.8 Å². The van der Waals surface area contributed by atoms with E-state index in [0.29, 0.717) is 30.7 Å². The van der Waals surface area contributed by atoms with Gasteiger partial charge in [0, 0.05) is 67.0 Å². The van der Waals surface area contributed by atoms with Crippen molar-refractivity contribution in [2.75, 3.05) is 13.1 Å². The lowest BCUT2D eigenvalue weighted by Gasteiger charge is -2.44. The van der Waals surface area contributed by atoms with Gasteiger partial charge in [-0.15, -0.1) is 0 Å². The van der Waals surface area contributed by atoms with Gasteiger partial charge in [0.25, 0.3) is 5.56 Å². The highest BCUT2D eigenvalue weighted by atomic mass is 16.4. The summed E-state index contributed by atoms with van der Waals surface area (Å²) in [5, 5.41) is 20.2. The predicted molar refractivity (Wildman–Crippen MR) is 113 cm³/mol. The summed E-state index contributed by atoms with van der Waals surface area (Å²) in [7, 11) is 1.80. The Hall–Kier alpha value is -3.39. The Morgan fingerprint density at radius 2 is 1.90 bits per heavy atom. The average Bonchev–Trinajstić information content (AvgIpc) is 3.04. The van der Waals surface area contributed by atoms with E-state index in [2.05, 4.69) is 0 Å². The van der Waals surface area contributed by atoms with Crippen LogP contribution in [0.4, 0.5) is 0 Å². The average molecular weight is 421 g/mol. The number of aliphatic carboxylic acids is 1. The molecule has 4 heterocycles. The fourth-order valence-electron chi connectivity index (χ4n) is 5.40. The maximum atomic E-state index is 12.4. The number of aromatic carboxylic acids is 1. The fourth-order valence-corrected chi connectivity index (χ4v) is 5.40. The number of likely N-dealkylation sites (tertiary alicyclic amines) is 1. The van der Waals surface area contributed by atoms with Crippen molar-refractivity contribution < 1.29 is 19.8 Å². The van der Waals surface area contributed by atoms with E-state index in [4.69, 9.17) is 0 Å². The SMILES string of the molecule is Cn1cc([C@@H](C(=O)O)N2C[C@@H]3C[C@@H](C2)c2cccc(=O)n2C3)c2ccc(C(=O)O)cc21. The quantitative estimate of drug-likeness (QED) is 0.670. The van der Waals surface area contributed by atoms with E-state index in [1.807, 2.05) is 15.5 Å². The van der Waals surface area contributed by atoms with E-state index in [1.54, 1.807) is 42.1 Å². The van der Waals surface area contributed by atoms with E-state index >= 15 is 0 Å². The number of benzene rings is 1. The van der Waals surface area contributed by atoms with Gasteiger partial charge in [-0.2, -0.15) is 0 Å². The number of piperidine rings is 1. The molecule has 0 aliphatic carbocycles. The lowest BCUT2D eigenvalue weighted by molar-refractivity contribution is -0.144. The van der Waals surface area contributed by atoms with Crippen LogP contribution in [0.25, 0.3) is 10.9 Å². The van der Waals surface area contributed by atoms with Crippen LogP contribution >= 0.6 is 0 Å². The first-order valence-corrected chi connectivity index (χ1v) is 10.3. The van der Waals surface area contributed by atoms with Gasteiger partial charge in [-0.1, -0.05) is 12.1 Å². The maximum Gasteiger partial charge on any atom is 0.335 e. The molecule has 5 rings (SSSR count). The molecule has 1 aromatic carbocycles. The summed E-state index contributed by atoms with van der Waals surface area (Å²) in [6, 6.07) is 9.26. The van der Waals surface area contributed by atoms with Crippen molar-refractivity contribution in [2.24, 2.45) is 13.0 Å². The largest absolute Gasteiger partial charge is 0.480 e. The molecule has 0 amide bonds. The first-order valence-electron chi connectivity index (χ1n) is 10.3. The third kappa shape index (κ3) is 3.14. The molecule has 2 bridgehead atoms. The van der Waals surface area contributed by atoms with Gasteiger partial charge in [-0.05, 0) is 30.5 Å². The molecule has 3 atom stereocenters. The summed E-state index contributed by atoms with van der Waals surface area (Å²) in [4.78, 5) is 38.1. The molecule has 2 aromatic heterocycles. The highest BCUT2D eigenvalue weighted by Crippen LogP contribution is 2.40. The van der Waals surface area contributed by atoms with Crippen LogP contribution < -0.4 is 5.56 Å². The van der Waals surface area contributed by atoms with Gasteiger partial charge < -0.3 is 19.3 Å². The van der Waals surface area contributed by atoms with Crippen molar-refractivity contribution in [3.8, 4) is 0 Å². The molecule has 31 heavy (non-hydrogen) atoms. The smallest absolute Gasteiger partial charge is 0.335 e. The van der Waals surface area contributed by atoms with Gasteiger partial charge in [-0.3, -0.25) is 14.5 Å². The van der Waals surface area contributed by atoms with E-state index in [9.17, 15) is 24.6 Å². The Balaban J connectivity index is 1.55. The maximum absolute atomic E-state index is 12.4. The summed E-state index contributed by atoms with van der Waals surface area (Å²) >= 11 is 0. The van der Waals surface area contributed by atoms with E-state index in [0.717, 1.165) is 17.5 Å². The Bertz CT molecular complexity index is 1270. The normalized spacial score (nSPS) is 21.6. The van der Waals surface area contributed by atoms with Crippen LogP contribution in [0.3, 0.4) is 0 Å². The number of carbonyl (C=O) groups is 2. The number of aryl methyl sites for hydroxylation is 1. The van der Waals surface area contributed by atoms with Crippen LogP contribution in [0.1, 0.15) is 40.0 Å². The number of fused-ring (bicyclic) bond motifs is 5. The molecule has 1 fully saturated rings. The molecule has 0 saturated carbocycles. The number of aromatic nitrogens is 2. The van der Waals surface area contributed by atoms with Crippen LogP contribution in [-0.2, 0) is 18.4 Å². The van der Waals surface area contributed by atoms with Crippen LogP contribution in [0.2, 0.25) is 0 Å². The second-order valence-corrected chi connectivity index (χ2v) is 8.63. The zero-order valence-electron chi connectivity index (χ0n) is 17.1. The summed E-state index contributed by atoms with van der Waals surface area (Å²) < 4.78 is 3.62. The molecule has 0 unspecified atom stereocenters. The second kappa shape index (κ2) is 7.09. The Morgan fingerprint density at radius 1 is 1.10 bits per heavy atom. The Morgan fingerprint density at radius 3 is 2.65 bits per heavy atom. The van der Waals surface area contributed by atoms with Gasteiger partial charge in [0.05, 0.1) is 5.56 Å². The molecule has 2 aliphatic heterocycles. The number of pyridine rings is 1. The lowest BCUT2D eigenvalue weighted by atomic mass is 9.82. The lowest BCUT2D eigenvalue weighted by Crippen LogP contribution is -2.49. The standard InChI is InChI=1S/C23H23N3O5/c1-24-12-17(16-6-5-14(22(28)29)8-19(16)24)21(23(30)31)25-9-13-7-15(11-25)18-3-2-4-20(27)26(18)10-13/h2-6,8,12-13,15,21H,7,9-11H2,1H3,(H,28,29)(H,30,31)/t13-,15-,21-/m0/s1. The minimum absolute atomic E-state index is 0.00118. The van der Waals surface area contributed by atoms with Crippen molar-refractivity contribution in [2.45, 2.75) is 24.9 Å². The van der Waals surface area contributed by atoms with E-state index < -0.39 is 18.0 Å². The topological polar surface area (TPSA) is 105 Å². The summed E-state index contributed by atoms with van der Waals surface area (Å²) in [6.07, 6.45) is 2.74. The van der Waals surface area contributed by atoms with Crippen LogP contribution in [-0.4, -0.2) is 49.3 Å². The second-order valence-electron chi connectivity index (χ2n) is 8.63. The van der Waals surface area contributed by atoms with Crippen molar-refractivity contribution in [1.82, 2.24) is 14.0 Å². The molecule has 8 nitrogen and oxygen atoms in total. The summed E-state index contributed by atoms with van der Waals surface area (Å²) in [6.45, 7) is 1.75. The van der Waals surface area contributed by atoms with E-state index in [-0.39, 0.29) is 23.0 Å². The van der Waals surface area contributed by atoms with Gasteiger partial charge in [-0.25, -0.2) is 4.79 Å². The third-order valence-corrected chi connectivity index (χ3v) is 6.67. The van der Waals surface area contributed by atoms with Crippen molar-refractivity contribution >= 4 is 22.8 Å². The van der Waals surface area contributed by atoms with Crippen LogP contribution in [0.5, 0.6) is 0 Å². The molecular weight excluding hydrogens is 398 g/mol. The molecule has 0 radical (unpaired) electrons. The Kier molecular flexibility index (Phi) is 4.48. The number of hydrogen-bond donors (Lipinski definition) is 2. The van der Waals surface area contributed by atoms with Gasteiger partial charge in [0.1, 0.15) is 6.04 Å². The number of nitrogens with zero attached hydrogens (tertiary/aromatic N) is 3. The molecule has 8 heteroatoms. The molecule has 2 N–H and O–H groups in total. The first-order chi connectivity index (χ1) is 14.8. The van der Waals surface area contributed by atoms with Gasteiger partial charge >= 0.3 is 11.9 Å². The fraction of sp³-hybridized carbons (Fsp3) is 0.348. The van der Waals surface area contributed by atoms with Crippen molar-refractivity contribution in [1.29, 1.82) is 0 Å². The number of hydrogen-bond acceptors (Lipinski definition) is 4. The van der Waals surface area contributed by atoms with Gasteiger partial charge in [0.15, 0.2) is 0 Å². The number of rotatable bonds is 4. The molecular formula is C23H23N3O5. The molecule has 2 aliphatic rings. The van der Waals surface area contributed by atoms with Crippen LogP contribution in [0.15, 0.2) is 47.4 Å². The molecule has 3 aromatic rings. The third-order valence-electron chi connectivity index (χ3n) is 6.67. The highest BCUT2D eigenvalue weighted by molar-refractivity contribution is 5.96. The highest BCUT2D eigenvalue weighted by Gasteiger charge is 2.40. The molecule has 160 valence electrons. The first kappa shape index (κ1) is 19.6.